The smallest absolute Gasteiger partial charge is 0.276 e. The average molecular weight is 384 g/mol. The molecule has 1 aromatic carbocycles. The van der Waals surface area contributed by atoms with Crippen LogP contribution in [0.15, 0.2) is 36.9 Å². The molecular formula is C19H24N6O3. The van der Waals surface area contributed by atoms with Crippen LogP contribution in [0.1, 0.15) is 40.6 Å². The summed E-state index contributed by atoms with van der Waals surface area (Å²) in [5, 5.41) is 22.7. The van der Waals surface area contributed by atoms with Gasteiger partial charge in [0.15, 0.2) is 5.69 Å². The van der Waals surface area contributed by atoms with Crippen molar-refractivity contribution in [2.24, 2.45) is 0 Å². The second-order valence-corrected chi connectivity index (χ2v) is 6.85. The van der Waals surface area contributed by atoms with Gasteiger partial charge in [-0.05, 0) is 38.4 Å². The topological polar surface area (TPSA) is 106 Å². The first-order valence-corrected chi connectivity index (χ1v) is 9.27. The number of hydrogen-bond acceptors (Lipinski definition) is 6. The highest BCUT2D eigenvalue weighted by Crippen LogP contribution is 2.22. The van der Waals surface area contributed by atoms with E-state index in [0.717, 1.165) is 31.6 Å². The second-order valence-electron chi connectivity index (χ2n) is 6.85. The Hall–Kier alpha value is -3.07. The third kappa shape index (κ3) is 4.25. The molecule has 9 heteroatoms. The van der Waals surface area contributed by atoms with E-state index < -0.39 is 4.92 Å². The van der Waals surface area contributed by atoms with Gasteiger partial charge in [0.2, 0.25) is 0 Å². The molecule has 1 N–H and O–H groups in total. The molecule has 148 valence electrons. The number of carbonyl (C=O) groups is 1. The zero-order chi connectivity index (χ0) is 20.1. The van der Waals surface area contributed by atoms with E-state index in [4.69, 9.17) is 0 Å². The van der Waals surface area contributed by atoms with Gasteiger partial charge in [-0.2, -0.15) is 0 Å². The first-order valence-electron chi connectivity index (χ1n) is 9.27. The van der Waals surface area contributed by atoms with Crippen molar-refractivity contribution in [1.29, 1.82) is 0 Å². The zero-order valence-electron chi connectivity index (χ0n) is 15.9. The fraction of sp³-hybridized carbons (Fsp3) is 0.421. The van der Waals surface area contributed by atoms with Crippen LogP contribution in [0.5, 0.6) is 0 Å². The fourth-order valence-electron chi connectivity index (χ4n) is 3.45. The number of rotatable bonds is 7. The normalized spacial score (nSPS) is 14.6. The first kappa shape index (κ1) is 19.7. The highest BCUT2D eigenvalue weighted by Gasteiger charge is 2.26. The van der Waals surface area contributed by atoms with Crippen molar-refractivity contribution in [2.75, 3.05) is 19.6 Å². The molecule has 1 aliphatic rings. The molecule has 1 aliphatic heterocycles. The molecule has 0 spiro atoms. The molecule has 3 rings (SSSR count). The molecule has 0 radical (unpaired) electrons. The van der Waals surface area contributed by atoms with Gasteiger partial charge in [-0.3, -0.25) is 14.9 Å². The number of nitro groups is 1. The number of piperidine rings is 1. The lowest BCUT2D eigenvalue weighted by molar-refractivity contribution is -0.384. The molecule has 0 unspecified atom stereocenters. The summed E-state index contributed by atoms with van der Waals surface area (Å²) < 4.78 is 1.84. The van der Waals surface area contributed by atoms with Crippen molar-refractivity contribution in [3.05, 3.63) is 64.0 Å². The van der Waals surface area contributed by atoms with Crippen LogP contribution in [0.2, 0.25) is 0 Å². The van der Waals surface area contributed by atoms with Crippen LogP contribution in [-0.2, 0) is 6.54 Å². The lowest BCUT2D eigenvalue weighted by Crippen LogP contribution is -2.32. The minimum absolute atomic E-state index is 0.00321. The molecule has 1 aromatic heterocycles. The van der Waals surface area contributed by atoms with Crippen LogP contribution in [-0.4, -0.2) is 50.4 Å². The van der Waals surface area contributed by atoms with E-state index in [9.17, 15) is 14.9 Å². The molecule has 0 saturated carbocycles. The Balaban J connectivity index is 1.81. The van der Waals surface area contributed by atoms with Gasteiger partial charge < -0.3 is 10.2 Å². The van der Waals surface area contributed by atoms with Crippen molar-refractivity contribution in [3.63, 3.8) is 0 Å². The van der Waals surface area contributed by atoms with Crippen molar-refractivity contribution in [1.82, 2.24) is 25.2 Å². The maximum Gasteiger partial charge on any atom is 0.276 e. The monoisotopic (exact) mass is 384 g/mol. The van der Waals surface area contributed by atoms with Crippen LogP contribution < -0.4 is 5.32 Å². The zero-order valence-corrected chi connectivity index (χ0v) is 15.9. The number of carbonyl (C=O) groups excluding carboxylic acids is 1. The maximum absolute atomic E-state index is 13.1. The summed E-state index contributed by atoms with van der Waals surface area (Å²) in [4.78, 5) is 25.2. The molecule has 2 heterocycles. The Bertz CT molecular complexity index is 872. The summed E-state index contributed by atoms with van der Waals surface area (Å²) in [6.45, 7) is 7.94. The molecule has 28 heavy (non-hydrogen) atoms. The predicted molar refractivity (Wildman–Crippen MR) is 104 cm³/mol. The molecule has 9 nitrogen and oxygen atoms in total. The number of benzene rings is 1. The van der Waals surface area contributed by atoms with Crippen LogP contribution >= 0.6 is 0 Å². The van der Waals surface area contributed by atoms with Crippen molar-refractivity contribution >= 4 is 11.6 Å². The van der Waals surface area contributed by atoms with E-state index in [1.54, 1.807) is 23.1 Å². The Morgan fingerprint density at radius 2 is 2.21 bits per heavy atom. The van der Waals surface area contributed by atoms with Gasteiger partial charge in [-0.25, -0.2) is 4.68 Å². The van der Waals surface area contributed by atoms with Crippen LogP contribution in [0.4, 0.5) is 5.69 Å². The van der Waals surface area contributed by atoms with Gasteiger partial charge in [0.05, 0.1) is 16.7 Å². The maximum atomic E-state index is 13.1. The van der Waals surface area contributed by atoms with Crippen molar-refractivity contribution in [2.45, 2.75) is 32.4 Å². The predicted octanol–water partition coefficient (Wildman–Crippen LogP) is 2.25. The van der Waals surface area contributed by atoms with Gasteiger partial charge in [0, 0.05) is 25.2 Å². The third-order valence-corrected chi connectivity index (χ3v) is 4.92. The lowest BCUT2D eigenvalue weighted by atomic mass is 10.1. The minimum atomic E-state index is -0.446. The quantitative estimate of drug-likeness (QED) is 0.446. The van der Waals surface area contributed by atoms with Gasteiger partial charge in [-0.15, -0.1) is 11.7 Å². The van der Waals surface area contributed by atoms with Crippen LogP contribution in [0, 0.1) is 17.0 Å². The summed E-state index contributed by atoms with van der Waals surface area (Å²) in [7, 11) is 0. The Labute approximate surface area is 163 Å². The molecule has 0 atom stereocenters. The van der Waals surface area contributed by atoms with Gasteiger partial charge >= 0.3 is 0 Å². The minimum Gasteiger partial charge on any atom is -0.329 e. The second kappa shape index (κ2) is 8.75. The van der Waals surface area contributed by atoms with Crippen LogP contribution in [0.25, 0.3) is 0 Å². The number of hydrogen-bond donors (Lipinski definition) is 1. The third-order valence-electron chi connectivity index (χ3n) is 4.92. The van der Waals surface area contributed by atoms with E-state index in [1.165, 1.54) is 12.1 Å². The van der Waals surface area contributed by atoms with E-state index in [0.29, 0.717) is 17.8 Å². The van der Waals surface area contributed by atoms with Gasteiger partial charge in [-0.1, -0.05) is 23.4 Å². The van der Waals surface area contributed by atoms with Crippen molar-refractivity contribution < 1.29 is 9.72 Å². The Kier molecular flexibility index (Phi) is 6.15. The van der Waals surface area contributed by atoms with Crippen molar-refractivity contribution in [3.8, 4) is 0 Å². The van der Waals surface area contributed by atoms with Gasteiger partial charge in [0.1, 0.15) is 0 Å². The number of nitrogens with zero attached hydrogens (tertiary/aromatic N) is 5. The first-order chi connectivity index (χ1) is 13.5. The molecule has 2 aromatic rings. The Morgan fingerprint density at radius 3 is 2.89 bits per heavy atom. The molecular weight excluding hydrogens is 360 g/mol. The number of aromatic nitrogens is 3. The number of non-ortho nitro benzene ring substituents is 1. The van der Waals surface area contributed by atoms with Gasteiger partial charge in [0.25, 0.3) is 11.6 Å². The van der Waals surface area contributed by atoms with E-state index in [-0.39, 0.29) is 24.2 Å². The van der Waals surface area contributed by atoms with E-state index in [1.807, 2.05) is 11.6 Å². The standard InChI is InChI=1S/C19H24N6O3/c1-3-11-23(13-15-5-4-6-17(12-15)25(27)28)19(26)18-14(2)24(22-21-18)16-7-9-20-10-8-16/h3-6,12,16,20H,1,7-11,13H2,2H3. The molecule has 0 aliphatic carbocycles. The highest BCUT2D eigenvalue weighted by atomic mass is 16.6. The average Bonchev–Trinajstić information content (AvgIpc) is 3.09. The highest BCUT2D eigenvalue weighted by molar-refractivity contribution is 5.93. The SMILES string of the molecule is C=CCN(Cc1cccc([N+](=O)[O-])c1)C(=O)c1nnn(C2CCNCC2)c1C. The summed E-state index contributed by atoms with van der Waals surface area (Å²) >= 11 is 0. The lowest BCUT2D eigenvalue weighted by Gasteiger charge is -2.24. The van der Waals surface area contributed by atoms with Crippen LogP contribution in [0.3, 0.4) is 0 Å². The Morgan fingerprint density at radius 1 is 1.46 bits per heavy atom. The fourth-order valence-corrected chi connectivity index (χ4v) is 3.45. The number of amides is 1. The summed E-state index contributed by atoms with van der Waals surface area (Å²) in [5.41, 5.74) is 1.72. The summed E-state index contributed by atoms with van der Waals surface area (Å²) in [6.07, 6.45) is 3.52. The van der Waals surface area contributed by atoms with E-state index in [2.05, 4.69) is 22.2 Å². The number of nitrogens with one attached hydrogen (secondary N) is 1. The molecule has 1 fully saturated rings. The molecule has 1 amide bonds. The molecule has 1 saturated heterocycles. The molecule has 0 bridgehead atoms. The summed E-state index contributed by atoms with van der Waals surface area (Å²) in [5.74, 6) is -0.260. The van der Waals surface area contributed by atoms with E-state index >= 15 is 0 Å². The number of nitro benzene ring substituents is 1. The summed E-state index contributed by atoms with van der Waals surface area (Å²) in [6, 6.07) is 6.51. The largest absolute Gasteiger partial charge is 0.329 e.